The first-order valence-electron chi connectivity index (χ1n) is 10.5. The molecule has 1 amide bonds. The number of nitrogens with one attached hydrogen (secondary N) is 3. The Hall–Kier alpha value is -2.19. The van der Waals surface area contributed by atoms with Crippen LogP contribution in [0.4, 0.5) is 4.39 Å². The van der Waals surface area contributed by atoms with Gasteiger partial charge in [-0.3, -0.25) is 4.79 Å². The van der Waals surface area contributed by atoms with Gasteiger partial charge in [0, 0.05) is 36.0 Å². The Morgan fingerprint density at radius 2 is 2.13 bits per heavy atom. The minimum atomic E-state index is -0.525. The highest BCUT2D eigenvalue weighted by Gasteiger charge is 2.44. The lowest BCUT2D eigenvalue weighted by Gasteiger charge is -2.32. The fraction of sp³-hybridized carbons (Fsp3) is 0.478. The maximum absolute atomic E-state index is 13.6. The Balaban J connectivity index is 1.62. The summed E-state index contributed by atoms with van der Waals surface area (Å²) in [5.41, 5.74) is 2.02. The van der Waals surface area contributed by atoms with Gasteiger partial charge >= 0.3 is 0 Å². The molecule has 1 aromatic carbocycles. The summed E-state index contributed by atoms with van der Waals surface area (Å²) in [6.07, 6.45) is 7.79. The van der Waals surface area contributed by atoms with Crippen molar-refractivity contribution in [1.82, 2.24) is 20.9 Å². The van der Waals surface area contributed by atoms with Crippen LogP contribution in [0.5, 0.6) is 0 Å². The average molecular weight is 493 g/mol. The van der Waals surface area contributed by atoms with Crippen molar-refractivity contribution in [1.29, 1.82) is 0 Å². The van der Waals surface area contributed by atoms with Gasteiger partial charge in [0.15, 0.2) is 0 Å². The predicted octanol–water partition coefficient (Wildman–Crippen LogP) is 2.85. The summed E-state index contributed by atoms with van der Waals surface area (Å²) >= 11 is 3.27. The van der Waals surface area contributed by atoms with Gasteiger partial charge in [-0.05, 0) is 75.1 Å². The second-order valence-corrected chi connectivity index (χ2v) is 9.31. The maximum Gasteiger partial charge on any atom is 0.246 e. The molecular formula is C23H30BrFN4O2. The van der Waals surface area contributed by atoms with Gasteiger partial charge in [0.05, 0.1) is 5.54 Å². The molecule has 1 fully saturated rings. The molecule has 1 aliphatic heterocycles. The van der Waals surface area contributed by atoms with Gasteiger partial charge in [-0.15, -0.1) is 0 Å². The van der Waals surface area contributed by atoms with Crippen LogP contribution >= 0.6 is 15.9 Å². The van der Waals surface area contributed by atoms with Gasteiger partial charge in [0.2, 0.25) is 5.91 Å². The minimum absolute atomic E-state index is 0.186. The first kappa shape index (κ1) is 23.5. The molecule has 31 heavy (non-hydrogen) atoms. The summed E-state index contributed by atoms with van der Waals surface area (Å²) in [7, 11) is 3.82. The van der Waals surface area contributed by atoms with E-state index in [0.29, 0.717) is 28.9 Å². The normalized spacial score (nSPS) is 20.1. The Labute approximate surface area is 191 Å². The number of nitrogens with zero attached hydrogens (tertiary/aromatic N) is 1. The van der Waals surface area contributed by atoms with Crippen LogP contribution in [-0.4, -0.2) is 49.3 Å². The first-order valence-corrected chi connectivity index (χ1v) is 11.3. The number of rotatable bonds is 10. The van der Waals surface area contributed by atoms with Crippen LogP contribution in [0.1, 0.15) is 31.7 Å². The lowest BCUT2D eigenvalue weighted by Crippen LogP contribution is -2.49. The van der Waals surface area contributed by atoms with Crippen LogP contribution in [-0.2, 0) is 16.1 Å². The van der Waals surface area contributed by atoms with E-state index in [0.717, 1.165) is 30.5 Å². The van der Waals surface area contributed by atoms with Crippen LogP contribution in [0.15, 0.2) is 46.2 Å². The topological polar surface area (TPSA) is 73.5 Å². The van der Waals surface area contributed by atoms with Gasteiger partial charge in [-0.1, -0.05) is 15.9 Å². The van der Waals surface area contributed by atoms with E-state index in [1.165, 1.54) is 12.1 Å². The number of hydrogen-bond donors (Lipinski definition) is 3. The smallest absolute Gasteiger partial charge is 0.246 e. The van der Waals surface area contributed by atoms with Gasteiger partial charge < -0.3 is 25.6 Å². The highest BCUT2D eigenvalue weighted by molar-refractivity contribution is 9.10. The summed E-state index contributed by atoms with van der Waals surface area (Å²) < 4.78 is 14.2. The zero-order valence-corrected chi connectivity index (χ0v) is 19.8. The largest absolute Gasteiger partial charge is 0.375 e. The third kappa shape index (κ3) is 5.95. The van der Waals surface area contributed by atoms with Crippen molar-refractivity contribution in [2.75, 3.05) is 20.6 Å². The fourth-order valence-corrected chi connectivity index (χ4v) is 4.50. The zero-order chi connectivity index (χ0) is 22.6. The van der Waals surface area contributed by atoms with Crippen LogP contribution in [0, 0.1) is 11.7 Å². The molecule has 1 unspecified atom stereocenters. The molecule has 0 bridgehead atoms. The molecule has 8 heteroatoms. The Bertz CT molecular complexity index is 879. The molecule has 2 atom stereocenters. The standard InChI is InChI=1S/C23H30BrFN4O2/c1-15-8-20(29(3)7-6-23(14-30,26-2)17-4-5-17)12-21(28-15)22(31)27-13-16-9-18(24)11-19(25)10-16/h8-12,14,17,21,26,28H,4-7,13H2,1-3H3,(H,27,31)/t21?,23-/m0/s1. The molecule has 1 aliphatic carbocycles. The monoisotopic (exact) mass is 492 g/mol. The Morgan fingerprint density at radius 1 is 1.39 bits per heavy atom. The second kappa shape index (κ2) is 9.96. The van der Waals surface area contributed by atoms with Crippen LogP contribution in [0.25, 0.3) is 0 Å². The maximum atomic E-state index is 13.6. The summed E-state index contributed by atoms with van der Waals surface area (Å²) in [5.74, 6) is -0.130. The highest BCUT2D eigenvalue weighted by atomic mass is 79.9. The number of allylic oxidation sites excluding steroid dienone is 2. The third-order valence-electron chi connectivity index (χ3n) is 6.04. The van der Waals surface area contributed by atoms with E-state index in [-0.39, 0.29) is 18.3 Å². The third-order valence-corrected chi connectivity index (χ3v) is 6.50. The van der Waals surface area contributed by atoms with Crippen molar-refractivity contribution in [3.8, 4) is 0 Å². The average Bonchev–Trinajstić information content (AvgIpc) is 3.57. The molecule has 0 aromatic heterocycles. The van der Waals surface area contributed by atoms with E-state index in [2.05, 4.69) is 36.8 Å². The SMILES string of the molecule is CN[C@](C=O)(CCN(C)C1=CC(C(=O)NCc2cc(F)cc(Br)c2)NC(C)=C1)C1CC1. The zero-order valence-electron chi connectivity index (χ0n) is 18.2. The van der Waals surface area contributed by atoms with E-state index >= 15 is 0 Å². The number of dihydropyridines is 1. The molecule has 0 spiro atoms. The molecule has 3 rings (SSSR count). The number of hydrogen-bond acceptors (Lipinski definition) is 5. The molecular weight excluding hydrogens is 463 g/mol. The van der Waals surface area contributed by atoms with Gasteiger partial charge in [0.25, 0.3) is 0 Å². The number of benzene rings is 1. The lowest BCUT2D eigenvalue weighted by molar-refractivity contribution is -0.122. The van der Waals surface area contributed by atoms with Crippen LogP contribution < -0.4 is 16.0 Å². The van der Waals surface area contributed by atoms with Crippen molar-refractivity contribution in [2.45, 2.75) is 44.3 Å². The van der Waals surface area contributed by atoms with Gasteiger partial charge in [-0.2, -0.15) is 0 Å². The Kier molecular flexibility index (Phi) is 7.54. The van der Waals surface area contributed by atoms with Gasteiger partial charge in [-0.25, -0.2) is 4.39 Å². The number of aldehydes is 1. The number of carbonyl (C=O) groups is 2. The van der Waals surface area contributed by atoms with E-state index in [4.69, 9.17) is 0 Å². The van der Waals surface area contributed by atoms with Crippen molar-refractivity contribution in [3.63, 3.8) is 0 Å². The summed E-state index contributed by atoms with van der Waals surface area (Å²) in [6.45, 7) is 2.84. The highest BCUT2D eigenvalue weighted by Crippen LogP contribution is 2.40. The number of carbonyl (C=O) groups excluding carboxylic acids is 2. The second-order valence-electron chi connectivity index (χ2n) is 8.39. The molecule has 0 saturated heterocycles. The van der Waals surface area contributed by atoms with Crippen molar-refractivity contribution >= 4 is 28.1 Å². The van der Waals surface area contributed by atoms with Crippen LogP contribution in [0.3, 0.4) is 0 Å². The molecule has 6 nitrogen and oxygen atoms in total. The Morgan fingerprint density at radius 3 is 2.74 bits per heavy atom. The number of halogens is 2. The number of likely N-dealkylation sites (N-methyl/N-ethyl adjacent to an activating group) is 2. The lowest BCUT2D eigenvalue weighted by atomic mass is 9.91. The van der Waals surface area contributed by atoms with E-state index in [1.807, 2.05) is 33.2 Å². The van der Waals surface area contributed by atoms with E-state index in [1.54, 1.807) is 6.07 Å². The molecule has 168 valence electrons. The van der Waals surface area contributed by atoms with Gasteiger partial charge in [0.1, 0.15) is 18.1 Å². The number of amides is 1. The quantitative estimate of drug-likeness (QED) is 0.438. The van der Waals surface area contributed by atoms with Crippen molar-refractivity contribution < 1.29 is 14.0 Å². The van der Waals surface area contributed by atoms with E-state index in [9.17, 15) is 14.0 Å². The van der Waals surface area contributed by atoms with Crippen molar-refractivity contribution in [2.24, 2.45) is 5.92 Å². The molecule has 2 aliphatic rings. The molecule has 0 radical (unpaired) electrons. The molecule has 3 N–H and O–H groups in total. The minimum Gasteiger partial charge on any atom is -0.375 e. The molecule has 1 aromatic rings. The summed E-state index contributed by atoms with van der Waals surface area (Å²) in [4.78, 5) is 26.6. The first-order chi connectivity index (χ1) is 14.8. The molecule has 1 heterocycles. The predicted molar refractivity (Wildman–Crippen MR) is 123 cm³/mol. The van der Waals surface area contributed by atoms with Crippen LogP contribution in [0.2, 0.25) is 0 Å². The summed E-state index contributed by atoms with van der Waals surface area (Å²) in [6, 6.07) is 4.03. The van der Waals surface area contributed by atoms with E-state index < -0.39 is 11.6 Å². The fourth-order valence-electron chi connectivity index (χ4n) is 3.99. The van der Waals surface area contributed by atoms with Crippen molar-refractivity contribution in [3.05, 3.63) is 57.6 Å². The summed E-state index contributed by atoms with van der Waals surface area (Å²) in [5, 5.41) is 9.27. The molecule has 1 saturated carbocycles.